The molecule has 1 saturated heterocycles. The smallest absolute Gasteiger partial charge is 0.335 e. The van der Waals surface area contributed by atoms with Crippen LogP contribution >= 0.6 is 11.6 Å². The second-order valence-electron chi connectivity index (χ2n) is 8.12. The van der Waals surface area contributed by atoms with E-state index in [1.807, 2.05) is 0 Å². The summed E-state index contributed by atoms with van der Waals surface area (Å²) in [6, 6.07) is 7.77. The number of methoxy groups -OCH3 is 1. The standard InChI is InChI=1S/C26H29ClN2O6/c1-3-4-5-6-7-8-13-35-23-21(27)15-17(16-22(23)34-2)14-20-24(31)28-26(33)29(25(20)32)18-9-11-19(30)12-10-18/h9-12,14-16,30H,3-8,13H2,1-2H3,(H,28,31,33)/b20-14-. The molecule has 1 heterocycles. The molecule has 2 aromatic carbocycles. The number of nitrogens with one attached hydrogen (secondary N) is 1. The highest BCUT2D eigenvalue weighted by Gasteiger charge is 2.36. The van der Waals surface area contributed by atoms with Crippen LogP contribution in [0.3, 0.4) is 0 Å². The number of halogens is 1. The summed E-state index contributed by atoms with van der Waals surface area (Å²) in [5, 5.41) is 11.9. The number of phenols is 1. The summed E-state index contributed by atoms with van der Waals surface area (Å²) in [5.74, 6) is -0.891. The first-order chi connectivity index (χ1) is 16.8. The summed E-state index contributed by atoms with van der Waals surface area (Å²) >= 11 is 6.44. The number of anilines is 1. The third-order valence-electron chi connectivity index (χ3n) is 5.52. The van der Waals surface area contributed by atoms with Crippen molar-refractivity contribution >= 4 is 41.2 Å². The van der Waals surface area contributed by atoms with Crippen molar-refractivity contribution in [1.82, 2.24) is 5.32 Å². The zero-order chi connectivity index (χ0) is 25.4. The highest BCUT2D eigenvalue weighted by Crippen LogP contribution is 2.37. The fourth-order valence-corrected chi connectivity index (χ4v) is 3.95. The first-order valence-electron chi connectivity index (χ1n) is 11.6. The van der Waals surface area contributed by atoms with Crippen LogP contribution in [0.25, 0.3) is 6.08 Å². The Labute approximate surface area is 209 Å². The third-order valence-corrected chi connectivity index (χ3v) is 5.80. The zero-order valence-corrected chi connectivity index (χ0v) is 20.6. The number of benzene rings is 2. The van der Waals surface area contributed by atoms with Crippen LogP contribution in [-0.4, -0.2) is 36.7 Å². The van der Waals surface area contributed by atoms with Gasteiger partial charge in [0.25, 0.3) is 11.8 Å². The van der Waals surface area contributed by atoms with E-state index in [4.69, 9.17) is 21.1 Å². The molecule has 0 aromatic heterocycles. The molecule has 0 aliphatic carbocycles. The van der Waals surface area contributed by atoms with Crippen LogP contribution in [0.4, 0.5) is 10.5 Å². The van der Waals surface area contributed by atoms with Crippen molar-refractivity contribution in [2.24, 2.45) is 0 Å². The number of carbonyl (C=O) groups is 3. The maximum atomic E-state index is 13.0. The Kier molecular flexibility index (Phi) is 9.14. The van der Waals surface area contributed by atoms with Crippen LogP contribution in [0.5, 0.6) is 17.2 Å². The lowest BCUT2D eigenvalue weighted by atomic mass is 10.1. The first kappa shape index (κ1) is 26.1. The van der Waals surface area contributed by atoms with Gasteiger partial charge in [0.1, 0.15) is 11.3 Å². The van der Waals surface area contributed by atoms with Gasteiger partial charge < -0.3 is 14.6 Å². The molecule has 0 unspecified atom stereocenters. The Morgan fingerprint density at radius 1 is 1.03 bits per heavy atom. The van der Waals surface area contributed by atoms with Crippen molar-refractivity contribution in [3.05, 3.63) is 52.6 Å². The highest BCUT2D eigenvalue weighted by molar-refractivity contribution is 6.39. The fraction of sp³-hybridized carbons (Fsp3) is 0.346. The molecule has 0 atom stereocenters. The molecule has 0 bridgehead atoms. The van der Waals surface area contributed by atoms with Gasteiger partial charge in [0.2, 0.25) is 0 Å². The Morgan fingerprint density at radius 2 is 1.71 bits per heavy atom. The molecule has 8 nitrogen and oxygen atoms in total. The molecule has 186 valence electrons. The van der Waals surface area contributed by atoms with Crippen LogP contribution in [0.1, 0.15) is 51.0 Å². The number of urea groups is 1. The molecule has 35 heavy (non-hydrogen) atoms. The number of hydrogen-bond acceptors (Lipinski definition) is 6. The number of aromatic hydroxyl groups is 1. The molecule has 1 aliphatic rings. The topological polar surface area (TPSA) is 105 Å². The number of carbonyl (C=O) groups excluding carboxylic acids is 3. The van der Waals surface area contributed by atoms with E-state index in [0.29, 0.717) is 23.7 Å². The van der Waals surface area contributed by atoms with Crippen molar-refractivity contribution in [3.8, 4) is 17.2 Å². The van der Waals surface area contributed by atoms with Crippen LogP contribution in [0.2, 0.25) is 5.02 Å². The summed E-state index contributed by atoms with van der Waals surface area (Å²) in [4.78, 5) is 38.6. The first-order valence-corrected chi connectivity index (χ1v) is 11.9. The second kappa shape index (κ2) is 12.3. The minimum atomic E-state index is -0.878. The summed E-state index contributed by atoms with van der Waals surface area (Å²) in [5.41, 5.74) is 0.381. The quantitative estimate of drug-likeness (QED) is 0.241. The van der Waals surface area contributed by atoms with Gasteiger partial charge in [-0.2, -0.15) is 0 Å². The van der Waals surface area contributed by atoms with E-state index in [1.54, 1.807) is 12.1 Å². The Balaban J connectivity index is 1.78. The average Bonchev–Trinajstić information content (AvgIpc) is 2.83. The molecule has 4 amide bonds. The maximum absolute atomic E-state index is 13.0. The molecule has 0 saturated carbocycles. The van der Waals surface area contributed by atoms with Gasteiger partial charge in [-0.3, -0.25) is 14.9 Å². The highest BCUT2D eigenvalue weighted by atomic mass is 35.5. The van der Waals surface area contributed by atoms with Gasteiger partial charge in [0, 0.05) is 0 Å². The number of phenolic OH excluding ortho intramolecular Hbond substituents is 1. The predicted octanol–water partition coefficient (Wildman–Crippen LogP) is 5.46. The van der Waals surface area contributed by atoms with Crippen LogP contribution < -0.4 is 19.7 Å². The fourth-order valence-electron chi connectivity index (χ4n) is 3.68. The molecule has 0 spiro atoms. The molecular formula is C26H29ClN2O6. The van der Waals surface area contributed by atoms with Crippen LogP contribution in [0, 0.1) is 0 Å². The predicted molar refractivity (Wildman–Crippen MR) is 134 cm³/mol. The minimum Gasteiger partial charge on any atom is -0.508 e. The SMILES string of the molecule is CCCCCCCCOc1c(Cl)cc(/C=C2/C(=O)NC(=O)N(c3ccc(O)cc3)C2=O)cc1OC. The van der Waals surface area contributed by atoms with Gasteiger partial charge in [-0.1, -0.05) is 50.6 Å². The van der Waals surface area contributed by atoms with Crippen molar-refractivity contribution in [2.75, 3.05) is 18.6 Å². The number of unbranched alkanes of at least 4 members (excludes halogenated alkanes) is 5. The molecule has 9 heteroatoms. The van der Waals surface area contributed by atoms with Gasteiger partial charge in [0.15, 0.2) is 11.5 Å². The van der Waals surface area contributed by atoms with Crippen molar-refractivity contribution in [2.45, 2.75) is 45.4 Å². The summed E-state index contributed by atoms with van der Waals surface area (Å²) in [6.07, 6.45) is 8.11. The largest absolute Gasteiger partial charge is 0.508 e. The van der Waals surface area contributed by atoms with Gasteiger partial charge in [-0.15, -0.1) is 0 Å². The number of barbiturate groups is 1. The zero-order valence-electron chi connectivity index (χ0n) is 19.8. The van der Waals surface area contributed by atoms with E-state index in [2.05, 4.69) is 12.2 Å². The molecule has 1 fully saturated rings. The molecule has 1 aliphatic heterocycles. The number of ether oxygens (including phenoxy) is 2. The van der Waals surface area contributed by atoms with E-state index >= 15 is 0 Å². The van der Waals surface area contributed by atoms with Crippen LogP contribution in [0.15, 0.2) is 42.0 Å². The number of amides is 4. The number of nitrogens with zero attached hydrogens (tertiary/aromatic N) is 1. The summed E-state index contributed by atoms with van der Waals surface area (Å²) in [6.45, 7) is 2.67. The molecule has 2 aromatic rings. The van der Waals surface area contributed by atoms with Crippen molar-refractivity contribution in [3.63, 3.8) is 0 Å². The van der Waals surface area contributed by atoms with Crippen LogP contribution in [-0.2, 0) is 9.59 Å². The van der Waals surface area contributed by atoms with Gasteiger partial charge in [-0.05, 0) is 54.5 Å². The molecular weight excluding hydrogens is 472 g/mol. The number of hydrogen-bond donors (Lipinski definition) is 2. The Morgan fingerprint density at radius 3 is 2.40 bits per heavy atom. The lowest BCUT2D eigenvalue weighted by Crippen LogP contribution is -2.54. The van der Waals surface area contributed by atoms with E-state index in [0.717, 1.165) is 24.2 Å². The molecule has 3 rings (SSSR count). The molecule has 0 radical (unpaired) electrons. The minimum absolute atomic E-state index is 0.0222. The Bertz CT molecular complexity index is 1110. The second-order valence-corrected chi connectivity index (χ2v) is 8.53. The maximum Gasteiger partial charge on any atom is 0.335 e. The van der Waals surface area contributed by atoms with E-state index in [9.17, 15) is 19.5 Å². The normalized spacial score (nSPS) is 14.9. The molecule has 2 N–H and O–H groups in total. The number of rotatable bonds is 11. The average molecular weight is 501 g/mol. The lowest BCUT2D eigenvalue weighted by molar-refractivity contribution is -0.122. The van der Waals surface area contributed by atoms with E-state index in [-0.39, 0.29) is 22.0 Å². The lowest BCUT2D eigenvalue weighted by Gasteiger charge is -2.26. The van der Waals surface area contributed by atoms with Crippen molar-refractivity contribution in [1.29, 1.82) is 0 Å². The third kappa shape index (κ3) is 6.54. The van der Waals surface area contributed by atoms with Crippen molar-refractivity contribution < 1.29 is 29.0 Å². The monoisotopic (exact) mass is 500 g/mol. The van der Waals surface area contributed by atoms with E-state index in [1.165, 1.54) is 56.7 Å². The van der Waals surface area contributed by atoms with E-state index < -0.39 is 17.8 Å². The van der Waals surface area contributed by atoms with Gasteiger partial charge >= 0.3 is 6.03 Å². The number of imide groups is 2. The summed E-state index contributed by atoms with van der Waals surface area (Å²) in [7, 11) is 1.48. The van der Waals surface area contributed by atoms with Gasteiger partial charge in [0.05, 0.1) is 24.4 Å². The summed E-state index contributed by atoms with van der Waals surface area (Å²) < 4.78 is 11.3. The van der Waals surface area contributed by atoms with Gasteiger partial charge in [-0.25, -0.2) is 9.69 Å². The Hall–Kier alpha value is -3.52.